The molecule has 0 saturated carbocycles. The summed E-state index contributed by atoms with van der Waals surface area (Å²) in [4.78, 5) is 16.8. The lowest BCUT2D eigenvalue weighted by atomic mass is 10.2. The average molecular weight is 363 g/mol. The van der Waals surface area contributed by atoms with Crippen molar-refractivity contribution in [3.63, 3.8) is 0 Å². The Balaban J connectivity index is 1.61. The van der Waals surface area contributed by atoms with E-state index >= 15 is 0 Å². The van der Waals surface area contributed by atoms with E-state index in [1.165, 1.54) is 11.3 Å². The second-order valence-electron chi connectivity index (χ2n) is 5.00. The van der Waals surface area contributed by atoms with Gasteiger partial charge in [-0.1, -0.05) is 22.9 Å². The Morgan fingerprint density at radius 3 is 3.04 bits per heavy atom. The maximum Gasteiger partial charge on any atom is 0.257 e. The summed E-state index contributed by atoms with van der Waals surface area (Å²) >= 11 is 7.48. The lowest BCUT2D eigenvalue weighted by molar-refractivity contribution is 0.102. The van der Waals surface area contributed by atoms with Crippen molar-refractivity contribution in [1.29, 1.82) is 0 Å². The van der Waals surface area contributed by atoms with Crippen molar-refractivity contribution in [2.75, 3.05) is 19.2 Å². The molecule has 1 aliphatic rings. The molecule has 1 N–H and O–H groups in total. The number of benzene rings is 2. The van der Waals surface area contributed by atoms with Crippen LogP contribution in [0.15, 0.2) is 30.3 Å². The Morgan fingerprint density at radius 1 is 1.33 bits per heavy atom. The van der Waals surface area contributed by atoms with Gasteiger partial charge in [0.15, 0.2) is 16.6 Å². The molecule has 2 heterocycles. The zero-order valence-electron chi connectivity index (χ0n) is 12.5. The topological polar surface area (TPSA) is 69.7 Å². The number of nitrogens with one attached hydrogen (secondary N) is 1. The number of halogens is 1. The number of fused-ring (bicyclic) bond motifs is 2. The van der Waals surface area contributed by atoms with Crippen molar-refractivity contribution in [1.82, 2.24) is 4.98 Å². The quantitative estimate of drug-likeness (QED) is 0.764. The molecule has 0 radical (unpaired) electrons. The molecule has 1 amide bonds. The van der Waals surface area contributed by atoms with E-state index in [4.69, 9.17) is 25.8 Å². The van der Waals surface area contributed by atoms with Gasteiger partial charge in [-0.2, -0.15) is 0 Å². The molecule has 8 heteroatoms. The standard InChI is InChI=1S/C16H11ClN2O4S/c1-21-9-2-3-11-13(6-9)24-16(18-11)19-15(20)8-4-10(17)14-12(5-8)22-7-23-14/h2-6H,7H2,1H3,(H,18,19,20). The lowest BCUT2D eigenvalue weighted by Gasteiger charge is -2.04. The zero-order chi connectivity index (χ0) is 16.7. The number of thiazole rings is 1. The van der Waals surface area contributed by atoms with Crippen LogP contribution in [-0.2, 0) is 0 Å². The van der Waals surface area contributed by atoms with Crippen LogP contribution in [0.25, 0.3) is 10.2 Å². The highest BCUT2D eigenvalue weighted by Gasteiger charge is 2.21. The van der Waals surface area contributed by atoms with Crippen molar-refractivity contribution in [3.8, 4) is 17.2 Å². The van der Waals surface area contributed by atoms with E-state index in [0.717, 1.165) is 16.0 Å². The van der Waals surface area contributed by atoms with Crippen LogP contribution >= 0.6 is 22.9 Å². The fraction of sp³-hybridized carbons (Fsp3) is 0.125. The summed E-state index contributed by atoms with van der Waals surface area (Å²) in [5.74, 6) is 1.34. The van der Waals surface area contributed by atoms with E-state index in [0.29, 0.717) is 27.2 Å². The predicted molar refractivity (Wildman–Crippen MR) is 91.7 cm³/mol. The Morgan fingerprint density at radius 2 is 2.21 bits per heavy atom. The van der Waals surface area contributed by atoms with E-state index < -0.39 is 0 Å². The molecule has 0 spiro atoms. The number of amides is 1. The number of carbonyl (C=O) groups is 1. The third kappa shape index (κ3) is 2.61. The third-order valence-corrected chi connectivity index (χ3v) is 4.72. The summed E-state index contributed by atoms with van der Waals surface area (Å²) in [6.07, 6.45) is 0. The molecule has 1 aromatic heterocycles. The molecule has 1 aliphatic heterocycles. The first-order valence-electron chi connectivity index (χ1n) is 6.99. The molecule has 2 aromatic carbocycles. The maximum absolute atomic E-state index is 12.4. The van der Waals surface area contributed by atoms with Crippen LogP contribution in [0.2, 0.25) is 5.02 Å². The number of methoxy groups -OCH3 is 1. The van der Waals surface area contributed by atoms with Gasteiger partial charge in [-0.15, -0.1) is 0 Å². The van der Waals surface area contributed by atoms with Crippen LogP contribution < -0.4 is 19.5 Å². The second-order valence-corrected chi connectivity index (χ2v) is 6.44. The van der Waals surface area contributed by atoms with Crippen LogP contribution in [0.4, 0.5) is 5.13 Å². The summed E-state index contributed by atoms with van der Waals surface area (Å²) in [6.45, 7) is 0.0971. The summed E-state index contributed by atoms with van der Waals surface area (Å²) in [7, 11) is 1.61. The van der Waals surface area contributed by atoms with Crippen molar-refractivity contribution in [3.05, 3.63) is 40.9 Å². The van der Waals surface area contributed by atoms with Gasteiger partial charge < -0.3 is 14.2 Å². The normalized spacial score (nSPS) is 12.4. The molecular weight excluding hydrogens is 352 g/mol. The first-order chi connectivity index (χ1) is 11.6. The number of ether oxygens (including phenoxy) is 3. The van der Waals surface area contributed by atoms with Crippen molar-refractivity contribution in [2.45, 2.75) is 0 Å². The fourth-order valence-electron chi connectivity index (χ4n) is 2.35. The van der Waals surface area contributed by atoms with Crippen molar-refractivity contribution < 1.29 is 19.0 Å². The van der Waals surface area contributed by atoms with Gasteiger partial charge in [0.25, 0.3) is 5.91 Å². The highest BCUT2D eigenvalue weighted by Crippen LogP contribution is 2.40. The fourth-order valence-corrected chi connectivity index (χ4v) is 3.51. The molecule has 0 unspecified atom stereocenters. The average Bonchev–Trinajstić information content (AvgIpc) is 3.19. The highest BCUT2D eigenvalue weighted by atomic mass is 35.5. The van der Waals surface area contributed by atoms with Gasteiger partial charge >= 0.3 is 0 Å². The zero-order valence-corrected chi connectivity index (χ0v) is 14.0. The van der Waals surface area contributed by atoms with E-state index in [9.17, 15) is 4.79 Å². The highest BCUT2D eigenvalue weighted by molar-refractivity contribution is 7.22. The number of carbonyl (C=O) groups excluding carboxylic acids is 1. The number of hydrogen-bond acceptors (Lipinski definition) is 6. The second kappa shape index (κ2) is 5.85. The Hall–Kier alpha value is -2.51. The summed E-state index contributed by atoms with van der Waals surface area (Å²) in [5, 5.41) is 3.61. The summed E-state index contributed by atoms with van der Waals surface area (Å²) in [5.41, 5.74) is 1.17. The Kier molecular flexibility index (Phi) is 3.66. The molecule has 24 heavy (non-hydrogen) atoms. The van der Waals surface area contributed by atoms with E-state index in [1.807, 2.05) is 18.2 Å². The number of aromatic nitrogens is 1. The molecule has 0 aliphatic carbocycles. The van der Waals surface area contributed by atoms with E-state index in [2.05, 4.69) is 10.3 Å². The van der Waals surface area contributed by atoms with Crippen LogP contribution in [-0.4, -0.2) is 24.8 Å². The van der Waals surface area contributed by atoms with Gasteiger partial charge in [0.05, 0.1) is 22.3 Å². The van der Waals surface area contributed by atoms with E-state index in [-0.39, 0.29) is 12.7 Å². The predicted octanol–water partition coefficient (Wildman–Crippen LogP) is 3.94. The SMILES string of the molecule is COc1ccc2nc(NC(=O)c3cc(Cl)c4c(c3)OCO4)sc2c1. The largest absolute Gasteiger partial charge is 0.497 e. The lowest BCUT2D eigenvalue weighted by Crippen LogP contribution is -2.11. The maximum atomic E-state index is 12.4. The summed E-state index contributed by atoms with van der Waals surface area (Å²) in [6, 6.07) is 8.68. The van der Waals surface area contributed by atoms with Crippen LogP contribution in [0.5, 0.6) is 17.2 Å². The number of anilines is 1. The van der Waals surface area contributed by atoms with Crippen LogP contribution in [0.3, 0.4) is 0 Å². The van der Waals surface area contributed by atoms with Gasteiger partial charge in [0.1, 0.15) is 5.75 Å². The van der Waals surface area contributed by atoms with Gasteiger partial charge in [0, 0.05) is 5.56 Å². The molecule has 0 fully saturated rings. The molecule has 122 valence electrons. The minimum atomic E-state index is -0.318. The van der Waals surface area contributed by atoms with Crippen molar-refractivity contribution in [2.24, 2.45) is 0 Å². The molecule has 4 rings (SSSR count). The smallest absolute Gasteiger partial charge is 0.257 e. The van der Waals surface area contributed by atoms with Gasteiger partial charge in [-0.25, -0.2) is 4.98 Å². The van der Waals surface area contributed by atoms with Gasteiger partial charge in [-0.05, 0) is 30.3 Å². The molecular formula is C16H11ClN2O4S. The molecule has 0 bridgehead atoms. The monoisotopic (exact) mass is 362 g/mol. The number of hydrogen-bond donors (Lipinski definition) is 1. The molecule has 3 aromatic rings. The minimum Gasteiger partial charge on any atom is -0.497 e. The first kappa shape index (κ1) is 15.0. The van der Waals surface area contributed by atoms with Gasteiger partial charge in [0.2, 0.25) is 6.79 Å². The number of rotatable bonds is 3. The first-order valence-corrected chi connectivity index (χ1v) is 8.18. The number of nitrogens with zero attached hydrogens (tertiary/aromatic N) is 1. The third-order valence-electron chi connectivity index (χ3n) is 3.51. The van der Waals surface area contributed by atoms with Crippen LogP contribution in [0.1, 0.15) is 10.4 Å². The minimum absolute atomic E-state index is 0.0971. The molecule has 0 atom stereocenters. The van der Waals surface area contributed by atoms with Crippen LogP contribution in [0, 0.1) is 0 Å². The molecule has 0 saturated heterocycles. The summed E-state index contributed by atoms with van der Waals surface area (Å²) < 4.78 is 16.6. The Labute approximate surface area is 145 Å². The molecule has 6 nitrogen and oxygen atoms in total. The van der Waals surface area contributed by atoms with Crippen molar-refractivity contribution >= 4 is 44.2 Å². The van der Waals surface area contributed by atoms with E-state index in [1.54, 1.807) is 19.2 Å². The Bertz CT molecular complexity index is 957. The van der Waals surface area contributed by atoms with Gasteiger partial charge in [-0.3, -0.25) is 10.1 Å².